The Morgan fingerprint density at radius 3 is 2.57 bits per heavy atom. The van der Waals surface area contributed by atoms with Crippen molar-refractivity contribution >= 4 is 0 Å². The van der Waals surface area contributed by atoms with Crippen LogP contribution in [0.3, 0.4) is 0 Å². The Morgan fingerprint density at radius 2 is 1.86 bits per heavy atom. The number of rotatable bonds is 3. The van der Waals surface area contributed by atoms with E-state index < -0.39 is 0 Å². The van der Waals surface area contributed by atoms with Crippen LogP contribution in [-0.2, 0) is 6.42 Å². The van der Waals surface area contributed by atoms with E-state index in [0.717, 1.165) is 17.5 Å². The van der Waals surface area contributed by atoms with Crippen LogP contribution in [0.4, 0.5) is 0 Å². The van der Waals surface area contributed by atoms with Crippen molar-refractivity contribution < 1.29 is 9.63 Å². The van der Waals surface area contributed by atoms with Gasteiger partial charge < -0.3 is 9.63 Å². The van der Waals surface area contributed by atoms with Crippen molar-refractivity contribution in [3.05, 3.63) is 53.6 Å². The molecule has 0 unspecified atom stereocenters. The zero-order valence-electron chi connectivity index (χ0n) is 12.0. The quantitative estimate of drug-likeness (QED) is 0.788. The molecule has 0 atom stereocenters. The van der Waals surface area contributed by atoms with Gasteiger partial charge in [0.2, 0.25) is 5.82 Å². The third-order valence-electron chi connectivity index (χ3n) is 3.51. The van der Waals surface area contributed by atoms with E-state index in [1.807, 2.05) is 31.2 Å². The van der Waals surface area contributed by atoms with Crippen molar-refractivity contribution in [3.8, 4) is 28.6 Å². The zero-order chi connectivity index (χ0) is 14.8. The molecular formula is C17H16N2O2. The smallest absolute Gasteiger partial charge is 0.262 e. The SMILES string of the molecule is CCc1ccc(-c2noc(-c3cccc(C)c3O)n2)cc1. The molecule has 1 N–H and O–H groups in total. The van der Waals surface area contributed by atoms with Gasteiger partial charge in [-0.25, -0.2) is 0 Å². The molecule has 0 aliphatic carbocycles. The summed E-state index contributed by atoms with van der Waals surface area (Å²) in [6.07, 6.45) is 0.995. The average molecular weight is 280 g/mol. The van der Waals surface area contributed by atoms with E-state index in [-0.39, 0.29) is 5.75 Å². The minimum Gasteiger partial charge on any atom is -0.507 e. The number of phenolic OH excluding ortho intramolecular Hbond substituents is 1. The molecule has 0 aliphatic heterocycles. The fraction of sp³-hybridized carbons (Fsp3) is 0.176. The Morgan fingerprint density at radius 1 is 1.10 bits per heavy atom. The Hall–Kier alpha value is -2.62. The molecule has 106 valence electrons. The molecule has 2 aromatic carbocycles. The second kappa shape index (κ2) is 5.40. The summed E-state index contributed by atoms with van der Waals surface area (Å²) in [5.41, 5.74) is 3.49. The summed E-state index contributed by atoms with van der Waals surface area (Å²) in [5.74, 6) is 1.02. The van der Waals surface area contributed by atoms with Crippen LogP contribution in [0, 0.1) is 6.92 Å². The van der Waals surface area contributed by atoms with E-state index >= 15 is 0 Å². The largest absolute Gasteiger partial charge is 0.507 e. The highest BCUT2D eigenvalue weighted by atomic mass is 16.5. The first kappa shape index (κ1) is 13.4. The summed E-state index contributed by atoms with van der Waals surface area (Å²) in [7, 11) is 0. The van der Waals surface area contributed by atoms with E-state index in [2.05, 4.69) is 29.2 Å². The van der Waals surface area contributed by atoms with E-state index in [4.69, 9.17) is 4.52 Å². The average Bonchev–Trinajstić information content (AvgIpc) is 3.00. The molecule has 4 heteroatoms. The number of hydrogen-bond acceptors (Lipinski definition) is 4. The standard InChI is InChI=1S/C17H16N2O2/c1-3-12-7-9-13(10-8-12)16-18-17(21-19-16)14-6-4-5-11(2)15(14)20/h4-10,20H,3H2,1-2H3. The zero-order valence-corrected chi connectivity index (χ0v) is 12.0. The van der Waals surface area contributed by atoms with Gasteiger partial charge in [0.1, 0.15) is 5.75 Å². The van der Waals surface area contributed by atoms with Crippen molar-refractivity contribution in [2.24, 2.45) is 0 Å². The molecule has 21 heavy (non-hydrogen) atoms. The summed E-state index contributed by atoms with van der Waals surface area (Å²) >= 11 is 0. The van der Waals surface area contributed by atoms with Crippen molar-refractivity contribution in [2.45, 2.75) is 20.3 Å². The molecule has 4 nitrogen and oxygen atoms in total. The van der Waals surface area contributed by atoms with Crippen molar-refractivity contribution in [2.75, 3.05) is 0 Å². The number of para-hydroxylation sites is 1. The fourth-order valence-corrected chi connectivity index (χ4v) is 2.17. The van der Waals surface area contributed by atoms with Gasteiger partial charge in [-0.2, -0.15) is 4.98 Å². The topological polar surface area (TPSA) is 59.2 Å². The Kier molecular flexibility index (Phi) is 3.44. The highest BCUT2D eigenvalue weighted by Crippen LogP contribution is 2.31. The Labute approximate surface area is 123 Å². The van der Waals surface area contributed by atoms with Crippen molar-refractivity contribution in [1.82, 2.24) is 10.1 Å². The van der Waals surface area contributed by atoms with Gasteiger partial charge in [-0.1, -0.05) is 48.5 Å². The monoisotopic (exact) mass is 280 g/mol. The maximum Gasteiger partial charge on any atom is 0.262 e. The Bertz CT molecular complexity index is 761. The minimum absolute atomic E-state index is 0.175. The first-order chi connectivity index (χ1) is 10.2. The van der Waals surface area contributed by atoms with E-state index in [9.17, 15) is 5.11 Å². The van der Waals surface area contributed by atoms with Crippen molar-refractivity contribution in [1.29, 1.82) is 0 Å². The van der Waals surface area contributed by atoms with Crippen LogP contribution >= 0.6 is 0 Å². The molecule has 3 rings (SSSR count). The maximum absolute atomic E-state index is 10.1. The third kappa shape index (κ3) is 2.52. The number of hydrogen-bond donors (Lipinski definition) is 1. The van der Waals surface area contributed by atoms with E-state index in [1.165, 1.54) is 5.56 Å². The summed E-state index contributed by atoms with van der Waals surface area (Å²) < 4.78 is 5.28. The lowest BCUT2D eigenvalue weighted by Crippen LogP contribution is -1.84. The number of aryl methyl sites for hydroxylation is 2. The third-order valence-corrected chi connectivity index (χ3v) is 3.51. The lowest BCUT2D eigenvalue weighted by atomic mass is 10.1. The minimum atomic E-state index is 0.175. The first-order valence-corrected chi connectivity index (χ1v) is 6.91. The summed E-state index contributed by atoms with van der Waals surface area (Å²) in [6.45, 7) is 3.95. The van der Waals surface area contributed by atoms with Crippen LogP contribution in [0.25, 0.3) is 22.8 Å². The summed E-state index contributed by atoms with van der Waals surface area (Å²) in [5, 5.41) is 14.1. The van der Waals surface area contributed by atoms with Crippen LogP contribution in [-0.4, -0.2) is 15.2 Å². The number of aromatic nitrogens is 2. The van der Waals surface area contributed by atoms with E-state index in [0.29, 0.717) is 17.3 Å². The highest BCUT2D eigenvalue weighted by molar-refractivity contribution is 5.66. The van der Waals surface area contributed by atoms with Gasteiger partial charge in [-0.3, -0.25) is 0 Å². The molecule has 0 spiro atoms. The Balaban J connectivity index is 1.97. The first-order valence-electron chi connectivity index (χ1n) is 6.91. The summed E-state index contributed by atoms with van der Waals surface area (Å²) in [4.78, 5) is 4.37. The molecule has 0 saturated heterocycles. The molecule has 0 aliphatic rings. The second-order valence-corrected chi connectivity index (χ2v) is 4.94. The van der Waals surface area contributed by atoms with Crippen molar-refractivity contribution in [3.63, 3.8) is 0 Å². The predicted octanol–water partition coefficient (Wildman–Crippen LogP) is 3.98. The van der Waals surface area contributed by atoms with Gasteiger partial charge in [-0.15, -0.1) is 0 Å². The molecule has 0 amide bonds. The lowest BCUT2D eigenvalue weighted by molar-refractivity contribution is 0.425. The van der Waals surface area contributed by atoms with Gasteiger partial charge in [-0.05, 0) is 30.5 Å². The predicted molar refractivity (Wildman–Crippen MR) is 80.9 cm³/mol. The number of benzene rings is 2. The maximum atomic E-state index is 10.1. The molecule has 0 bridgehead atoms. The molecule has 0 fully saturated rings. The molecule has 1 aromatic heterocycles. The normalized spacial score (nSPS) is 10.8. The van der Waals surface area contributed by atoms with E-state index in [1.54, 1.807) is 6.07 Å². The fourth-order valence-electron chi connectivity index (χ4n) is 2.17. The van der Waals surface area contributed by atoms with Crippen LogP contribution < -0.4 is 0 Å². The molecule has 0 radical (unpaired) electrons. The molecule has 1 heterocycles. The lowest BCUT2D eigenvalue weighted by Gasteiger charge is -2.01. The van der Waals surface area contributed by atoms with Gasteiger partial charge in [0.15, 0.2) is 0 Å². The van der Waals surface area contributed by atoms with Gasteiger partial charge in [0.25, 0.3) is 5.89 Å². The summed E-state index contributed by atoms with van der Waals surface area (Å²) in [6, 6.07) is 13.5. The number of nitrogens with zero attached hydrogens (tertiary/aromatic N) is 2. The number of aromatic hydroxyl groups is 1. The molecule has 3 aromatic rings. The van der Waals surface area contributed by atoms with Crippen LogP contribution in [0.15, 0.2) is 47.0 Å². The van der Waals surface area contributed by atoms with Crippen LogP contribution in [0.1, 0.15) is 18.1 Å². The second-order valence-electron chi connectivity index (χ2n) is 4.94. The van der Waals surface area contributed by atoms with Gasteiger partial charge >= 0.3 is 0 Å². The highest BCUT2D eigenvalue weighted by Gasteiger charge is 2.14. The van der Waals surface area contributed by atoms with Gasteiger partial charge in [0, 0.05) is 5.56 Å². The van der Waals surface area contributed by atoms with Crippen LogP contribution in [0.2, 0.25) is 0 Å². The van der Waals surface area contributed by atoms with Crippen LogP contribution in [0.5, 0.6) is 5.75 Å². The number of phenols is 1. The van der Waals surface area contributed by atoms with Gasteiger partial charge in [0.05, 0.1) is 5.56 Å². The molecule has 0 saturated carbocycles. The molecular weight excluding hydrogens is 264 g/mol.